The number of benzene rings is 1. The topological polar surface area (TPSA) is 17.1 Å². The maximum Gasteiger partial charge on any atom is 0.140 e. The molecule has 110 valence electrons. The fourth-order valence-corrected chi connectivity index (χ4v) is 3.44. The zero-order chi connectivity index (χ0) is 14.8. The van der Waals surface area contributed by atoms with Gasteiger partial charge < -0.3 is 0 Å². The Labute approximate surface area is 123 Å². The molecule has 1 aliphatic rings. The van der Waals surface area contributed by atoms with Crippen LogP contribution in [-0.4, -0.2) is 5.78 Å². The van der Waals surface area contributed by atoms with Gasteiger partial charge in [-0.25, -0.2) is 0 Å². The van der Waals surface area contributed by atoms with Crippen molar-refractivity contribution in [3.63, 3.8) is 0 Å². The maximum absolute atomic E-state index is 12.6. The van der Waals surface area contributed by atoms with Crippen molar-refractivity contribution >= 4 is 5.78 Å². The summed E-state index contributed by atoms with van der Waals surface area (Å²) in [6.45, 7) is 8.92. The predicted molar refractivity (Wildman–Crippen MR) is 85.0 cm³/mol. The molecule has 1 aliphatic carbocycles. The van der Waals surface area contributed by atoms with Crippen LogP contribution in [0, 0.1) is 11.3 Å². The normalized spacial score (nSPS) is 21.9. The molecule has 1 aromatic carbocycles. The summed E-state index contributed by atoms with van der Waals surface area (Å²) < 4.78 is 0. The molecular weight excluding hydrogens is 244 g/mol. The second-order valence-corrected chi connectivity index (χ2v) is 7.33. The van der Waals surface area contributed by atoms with E-state index in [-0.39, 0.29) is 11.3 Å². The van der Waals surface area contributed by atoms with Crippen LogP contribution in [0.3, 0.4) is 0 Å². The van der Waals surface area contributed by atoms with Gasteiger partial charge in [-0.05, 0) is 35.3 Å². The van der Waals surface area contributed by atoms with Crippen molar-refractivity contribution in [3.8, 4) is 0 Å². The van der Waals surface area contributed by atoms with Gasteiger partial charge in [0.2, 0.25) is 0 Å². The molecule has 0 amide bonds. The summed E-state index contributed by atoms with van der Waals surface area (Å²) in [4.78, 5) is 12.6. The molecule has 0 saturated heterocycles. The first kappa shape index (κ1) is 15.3. The SMILES string of the molecule is CC(C)c1ccc(CC(=O)C2CCCCC2(C)C)cc1. The molecule has 1 fully saturated rings. The minimum absolute atomic E-state index is 0.188. The fraction of sp³-hybridized carbons (Fsp3) is 0.632. The number of ketones is 1. The average Bonchev–Trinajstić information content (AvgIpc) is 2.38. The maximum atomic E-state index is 12.6. The molecule has 1 unspecified atom stereocenters. The Morgan fingerprint density at radius 1 is 1.20 bits per heavy atom. The van der Waals surface area contributed by atoms with Crippen LogP contribution in [-0.2, 0) is 11.2 Å². The molecule has 1 saturated carbocycles. The van der Waals surface area contributed by atoms with Crippen molar-refractivity contribution in [2.75, 3.05) is 0 Å². The first-order valence-corrected chi connectivity index (χ1v) is 8.02. The molecule has 1 heteroatoms. The van der Waals surface area contributed by atoms with Crippen LogP contribution >= 0.6 is 0 Å². The lowest BCUT2D eigenvalue weighted by Crippen LogP contribution is -2.34. The number of carbonyl (C=O) groups excluding carboxylic acids is 1. The summed E-state index contributed by atoms with van der Waals surface area (Å²) in [5.74, 6) is 1.24. The fourth-order valence-electron chi connectivity index (χ4n) is 3.44. The lowest BCUT2D eigenvalue weighted by molar-refractivity contribution is -0.127. The Bertz CT molecular complexity index is 453. The van der Waals surface area contributed by atoms with Crippen molar-refractivity contribution in [1.29, 1.82) is 0 Å². The molecule has 1 aromatic rings. The minimum Gasteiger partial charge on any atom is -0.299 e. The smallest absolute Gasteiger partial charge is 0.140 e. The summed E-state index contributed by atoms with van der Waals surface area (Å²) in [6.07, 6.45) is 5.37. The van der Waals surface area contributed by atoms with E-state index in [2.05, 4.69) is 52.0 Å². The van der Waals surface area contributed by atoms with Crippen molar-refractivity contribution in [1.82, 2.24) is 0 Å². The van der Waals surface area contributed by atoms with E-state index in [0.717, 1.165) is 6.42 Å². The third kappa shape index (κ3) is 3.50. The summed E-state index contributed by atoms with van der Waals surface area (Å²) in [6, 6.07) is 8.59. The molecule has 0 aromatic heterocycles. The number of hydrogen-bond donors (Lipinski definition) is 0. The molecule has 0 aliphatic heterocycles. The molecule has 0 heterocycles. The largest absolute Gasteiger partial charge is 0.299 e. The van der Waals surface area contributed by atoms with Gasteiger partial charge in [0, 0.05) is 12.3 Å². The van der Waals surface area contributed by atoms with Crippen molar-refractivity contribution in [2.24, 2.45) is 11.3 Å². The second kappa shape index (κ2) is 6.11. The van der Waals surface area contributed by atoms with Gasteiger partial charge in [0.05, 0.1) is 0 Å². The van der Waals surface area contributed by atoms with Gasteiger partial charge >= 0.3 is 0 Å². The lowest BCUT2D eigenvalue weighted by Gasteiger charge is -2.37. The molecule has 0 spiro atoms. The third-order valence-corrected chi connectivity index (χ3v) is 4.92. The van der Waals surface area contributed by atoms with Gasteiger partial charge in [-0.1, -0.05) is 64.8 Å². The molecule has 2 rings (SSSR count). The zero-order valence-electron chi connectivity index (χ0n) is 13.4. The highest BCUT2D eigenvalue weighted by Gasteiger charge is 2.36. The van der Waals surface area contributed by atoms with E-state index in [9.17, 15) is 4.79 Å². The Kier molecular flexibility index (Phi) is 4.67. The van der Waals surface area contributed by atoms with Gasteiger partial charge in [-0.15, -0.1) is 0 Å². The highest BCUT2D eigenvalue weighted by Crippen LogP contribution is 2.41. The van der Waals surface area contributed by atoms with Crippen LogP contribution < -0.4 is 0 Å². The quantitative estimate of drug-likeness (QED) is 0.742. The molecular formula is C19H28O. The lowest BCUT2D eigenvalue weighted by atomic mass is 9.66. The number of Topliss-reactive ketones (excluding diaryl/α,β-unsaturated/α-hetero) is 1. The van der Waals surface area contributed by atoms with E-state index < -0.39 is 0 Å². The molecule has 1 atom stereocenters. The van der Waals surface area contributed by atoms with Crippen LogP contribution in [0.25, 0.3) is 0 Å². The van der Waals surface area contributed by atoms with Gasteiger partial charge in [0.25, 0.3) is 0 Å². The predicted octanol–water partition coefficient (Wildman–Crippen LogP) is 5.14. The van der Waals surface area contributed by atoms with Crippen LogP contribution in [0.2, 0.25) is 0 Å². The van der Waals surface area contributed by atoms with Gasteiger partial charge in [-0.2, -0.15) is 0 Å². The first-order valence-electron chi connectivity index (χ1n) is 8.02. The van der Waals surface area contributed by atoms with E-state index in [4.69, 9.17) is 0 Å². The second-order valence-electron chi connectivity index (χ2n) is 7.33. The minimum atomic E-state index is 0.188. The number of carbonyl (C=O) groups is 1. The Morgan fingerprint density at radius 3 is 2.40 bits per heavy atom. The van der Waals surface area contributed by atoms with E-state index in [0.29, 0.717) is 18.1 Å². The monoisotopic (exact) mass is 272 g/mol. The highest BCUT2D eigenvalue weighted by molar-refractivity contribution is 5.84. The number of hydrogen-bond acceptors (Lipinski definition) is 1. The number of rotatable bonds is 4. The van der Waals surface area contributed by atoms with Crippen LogP contribution in [0.4, 0.5) is 0 Å². The summed E-state index contributed by atoms with van der Waals surface area (Å²) in [5, 5.41) is 0. The average molecular weight is 272 g/mol. The van der Waals surface area contributed by atoms with Crippen molar-refractivity contribution in [3.05, 3.63) is 35.4 Å². The first-order chi connectivity index (χ1) is 9.40. The van der Waals surface area contributed by atoms with Gasteiger partial charge in [0.15, 0.2) is 0 Å². The van der Waals surface area contributed by atoms with Crippen LogP contribution in [0.15, 0.2) is 24.3 Å². The van der Waals surface area contributed by atoms with E-state index in [1.54, 1.807) is 0 Å². The van der Waals surface area contributed by atoms with E-state index in [1.165, 1.54) is 30.4 Å². The standard InChI is InChI=1S/C19H28O/c1-14(2)16-10-8-15(9-11-16)13-18(20)17-7-5-6-12-19(17,3)4/h8-11,14,17H,5-7,12-13H2,1-4H3. The summed E-state index contributed by atoms with van der Waals surface area (Å²) in [7, 11) is 0. The molecule has 0 N–H and O–H groups in total. The highest BCUT2D eigenvalue weighted by atomic mass is 16.1. The summed E-state index contributed by atoms with van der Waals surface area (Å²) in [5.41, 5.74) is 2.70. The van der Waals surface area contributed by atoms with Crippen molar-refractivity contribution < 1.29 is 4.79 Å². The Balaban J connectivity index is 2.03. The van der Waals surface area contributed by atoms with Gasteiger partial charge in [-0.3, -0.25) is 4.79 Å². The van der Waals surface area contributed by atoms with Gasteiger partial charge in [0.1, 0.15) is 5.78 Å². The molecule has 20 heavy (non-hydrogen) atoms. The molecule has 1 nitrogen and oxygen atoms in total. The third-order valence-electron chi connectivity index (χ3n) is 4.92. The Morgan fingerprint density at radius 2 is 1.85 bits per heavy atom. The molecule has 0 bridgehead atoms. The molecule has 0 radical (unpaired) electrons. The summed E-state index contributed by atoms with van der Waals surface area (Å²) >= 11 is 0. The van der Waals surface area contributed by atoms with Crippen molar-refractivity contribution in [2.45, 2.75) is 65.7 Å². The zero-order valence-corrected chi connectivity index (χ0v) is 13.4. The Hall–Kier alpha value is -1.11. The van der Waals surface area contributed by atoms with E-state index in [1.807, 2.05) is 0 Å². The van der Waals surface area contributed by atoms with E-state index >= 15 is 0 Å². The van der Waals surface area contributed by atoms with Crippen LogP contribution in [0.1, 0.15) is 70.4 Å². The van der Waals surface area contributed by atoms with Crippen LogP contribution in [0.5, 0.6) is 0 Å².